The highest BCUT2D eigenvalue weighted by Gasteiger charge is 2.28. The molecule has 1 aromatic rings. The van der Waals surface area contributed by atoms with E-state index < -0.39 is 5.97 Å². The molecule has 1 aliphatic rings. The van der Waals surface area contributed by atoms with Crippen molar-refractivity contribution in [3.63, 3.8) is 0 Å². The molecule has 0 amide bonds. The van der Waals surface area contributed by atoms with Gasteiger partial charge in [0, 0.05) is 19.7 Å². The van der Waals surface area contributed by atoms with E-state index in [4.69, 9.17) is 15.2 Å². The molecule has 7 heteroatoms. The lowest BCUT2D eigenvalue weighted by Crippen LogP contribution is -2.40. The normalized spacial score (nSPS) is 19.5. The molecule has 0 bridgehead atoms. The van der Waals surface area contributed by atoms with Crippen LogP contribution in [0.4, 0.5) is 10.8 Å². The summed E-state index contributed by atoms with van der Waals surface area (Å²) in [5.74, 6) is -0.190. The predicted octanol–water partition coefficient (Wildman–Crippen LogP) is 1.52. The summed E-state index contributed by atoms with van der Waals surface area (Å²) in [5.41, 5.74) is 6.14. The van der Waals surface area contributed by atoms with Crippen LogP contribution in [-0.4, -0.2) is 43.3 Å². The van der Waals surface area contributed by atoms with Crippen LogP contribution in [0.2, 0.25) is 0 Å². The zero-order valence-corrected chi connectivity index (χ0v) is 12.0. The van der Waals surface area contributed by atoms with Gasteiger partial charge in [-0.3, -0.25) is 0 Å². The van der Waals surface area contributed by atoms with Crippen LogP contribution in [0.1, 0.15) is 30.1 Å². The molecule has 0 spiro atoms. The maximum atomic E-state index is 11.8. The number of anilines is 2. The lowest BCUT2D eigenvalue weighted by molar-refractivity contribution is 0.0522. The summed E-state index contributed by atoms with van der Waals surface area (Å²) < 4.78 is 14.5. The van der Waals surface area contributed by atoms with Gasteiger partial charge in [-0.1, -0.05) is 0 Å². The second kappa shape index (κ2) is 6.21. The highest BCUT2D eigenvalue weighted by Crippen LogP contribution is 2.33. The molecule has 0 radical (unpaired) electrons. The number of nitrogen functional groups attached to an aromatic ring is 1. The topological polar surface area (TPSA) is 77.7 Å². The van der Waals surface area contributed by atoms with E-state index in [-0.39, 0.29) is 11.9 Å². The van der Waals surface area contributed by atoms with Crippen molar-refractivity contribution >= 4 is 28.3 Å². The van der Waals surface area contributed by atoms with Crippen molar-refractivity contribution in [2.75, 3.05) is 37.4 Å². The summed E-state index contributed by atoms with van der Waals surface area (Å²) in [6, 6.07) is 0. The highest BCUT2D eigenvalue weighted by atomic mass is 32.1. The second-order valence-corrected chi connectivity index (χ2v) is 5.16. The number of aromatic nitrogens is 1. The number of nitrogens with two attached hydrogens (primary N) is 1. The number of hydrogen-bond donors (Lipinski definition) is 1. The largest absolute Gasteiger partial charge is 0.465 e. The fourth-order valence-corrected chi connectivity index (χ4v) is 3.13. The molecule has 2 heterocycles. The van der Waals surface area contributed by atoms with Crippen LogP contribution in [0.15, 0.2) is 0 Å². The monoisotopic (exact) mass is 285 g/mol. The highest BCUT2D eigenvalue weighted by molar-refractivity contribution is 7.11. The van der Waals surface area contributed by atoms with Crippen LogP contribution >= 0.6 is 11.5 Å². The van der Waals surface area contributed by atoms with Crippen molar-refractivity contribution in [2.45, 2.75) is 25.9 Å². The number of piperidine rings is 1. The summed E-state index contributed by atoms with van der Waals surface area (Å²) >= 11 is 1.24. The number of carbonyl (C=O) groups excluding carboxylic acids is 1. The van der Waals surface area contributed by atoms with Crippen LogP contribution in [0, 0.1) is 0 Å². The van der Waals surface area contributed by atoms with Crippen LogP contribution in [0.25, 0.3) is 0 Å². The molecule has 2 N–H and O–H groups in total. The molecule has 1 saturated heterocycles. The molecule has 0 aliphatic carbocycles. The van der Waals surface area contributed by atoms with Gasteiger partial charge in [-0.05, 0) is 31.3 Å². The van der Waals surface area contributed by atoms with E-state index in [2.05, 4.69) is 9.27 Å². The van der Waals surface area contributed by atoms with E-state index in [0.29, 0.717) is 12.2 Å². The van der Waals surface area contributed by atoms with Crippen LogP contribution in [0.5, 0.6) is 0 Å². The number of methoxy groups -OCH3 is 1. The van der Waals surface area contributed by atoms with Gasteiger partial charge < -0.3 is 20.1 Å². The van der Waals surface area contributed by atoms with Crippen molar-refractivity contribution in [3.8, 4) is 0 Å². The molecule has 1 aromatic heterocycles. The fourth-order valence-electron chi connectivity index (χ4n) is 2.30. The van der Waals surface area contributed by atoms with Crippen molar-refractivity contribution < 1.29 is 14.3 Å². The fraction of sp³-hybridized carbons (Fsp3) is 0.667. The van der Waals surface area contributed by atoms with Crippen LogP contribution in [-0.2, 0) is 9.47 Å². The maximum absolute atomic E-state index is 11.8. The lowest BCUT2D eigenvalue weighted by Gasteiger charge is -2.33. The molecule has 106 valence electrons. The third kappa shape index (κ3) is 2.98. The van der Waals surface area contributed by atoms with Gasteiger partial charge in [0.25, 0.3) is 0 Å². The van der Waals surface area contributed by atoms with Gasteiger partial charge in [-0.25, -0.2) is 4.79 Å². The van der Waals surface area contributed by atoms with E-state index in [1.54, 1.807) is 0 Å². The van der Waals surface area contributed by atoms with Crippen molar-refractivity contribution in [1.29, 1.82) is 0 Å². The molecule has 1 fully saturated rings. The van der Waals surface area contributed by atoms with Crippen molar-refractivity contribution in [2.24, 2.45) is 0 Å². The van der Waals surface area contributed by atoms with Gasteiger partial charge in [0.1, 0.15) is 10.6 Å². The second-order valence-electron chi connectivity index (χ2n) is 4.41. The summed E-state index contributed by atoms with van der Waals surface area (Å²) in [7, 11) is 1.35. The zero-order valence-electron chi connectivity index (χ0n) is 11.2. The SMILES string of the molecule is CCOC1CCCN(c2snc(N)c2C(=O)OC)C1. The van der Waals surface area contributed by atoms with Crippen molar-refractivity contribution in [3.05, 3.63) is 5.56 Å². The van der Waals surface area contributed by atoms with Gasteiger partial charge in [0.2, 0.25) is 0 Å². The van der Waals surface area contributed by atoms with Gasteiger partial charge in [-0.2, -0.15) is 4.37 Å². The van der Waals surface area contributed by atoms with Crippen LogP contribution < -0.4 is 10.6 Å². The minimum atomic E-state index is -0.431. The Kier molecular flexibility index (Phi) is 4.60. The first kappa shape index (κ1) is 14.1. The third-order valence-corrected chi connectivity index (χ3v) is 4.08. The molecular weight excluding hydrogens is 266 g/mol. The minimum absolute atomic E-state index is 0.201. The van der Waals surface area contributed by atoms with E-state index in [1.807, 2.05) is 6.92 Å². The molecule has 1 aliphatic heterocycles. The minimum Gasteiger partial charge on any atom is -0.465 e. The molecule has 6 nitrogen and oxygen atoms in total. The first-order valence-electron chi connectivity index (χ1n) is 6.37. The van der Waals surface area contributed by atoms with E-state index >= 15 is 0 Å². The van der Waals surface area contributed by atoms with Gasteiger partial charge in [0.15, 0.2) is 5.82 Å². The Bertz CT molecular complexity index is 447. The maximum Gasteiger partial charge on any atom is 0.344 e. The van der Waals surface area contributed by atoms with E-state index in [1.165, 1.54) is 18.6 Å². The summed E-state index contributed by atoms with van der Waals surface area (Å²) in [6.07, 6.45) is 2.28. The number of esters is 1. The number of ether oxygens (including phenoxy) is 2. The first-order valence-corrected chi connectivity index (χ1v) is 7.14. The number of rotatable bonds is 4. The Labute approximate surface area is 116 Å². The molecule has 1 unspecified atom stereocenters. The average Bonchev–Trinajstić information content (AvgIpc) is 2.80. The smallest absolute Gasteiger partial charge is 0.344 e. The summed E-state index contributed by atoms with van der Waals surface area (Å²) in [4.78, 5) is 13.9. The number of hydrogen-bond acceptors (Lipinski definition) is 7. The standard InChI is InChI=1S/C12H19N3O3S/c1-3-18-8-5-4-6-15(7-8)11-9(12(16)17-2)10(13)14-19-11/h8H,3-7H2,1-2H3,(H2,13,14). The average molecular weight is 285 g/mol. The Morgan fingerprint density at radius 3 is 3.11 bits per heavy atom. The molecule has 1 atom stereocenters. The molecule has 0 saturated carbocycles. The van der Waals surface area contributed by atoms with E-state index in [0.717, 1.165) is 30.9 Å². The Morgan fingerprint density at radius 2 is 2.42 bits per heavy atom. The molecule has 0 aromatic carbocycles. The van der Waals surface area contributed by atoms with Crippen molar-refractivity contribution in [1.82, 2.24) is 4.37 Å². The van der Waals surface area contributed by atoms with Gasteiger partial charge in [0.05, 0.1) is 13.2 Å². The molecule has 2 rings (SSSR count). The van der Waals surface area contributed by atoms with Crippen LogP contribution in [0.3, 0.4) is 0 Å². The number of nitrogens with zero attached hydrogens (tertiary/aromatic N) is 2. The molecular formula is C12H19N3O3S. The van der Waals surface area contributed by atoms with Gasteiger partial charge in [-0.15, -0.1) is 0 Å². The quantitative estimate of drug-likeness (QED) is 0.845. The Balaban J connectivity index is 2.19. The summed E-state index contributed by atoms with van der Waals surface area (Å²) in [6.45, 7) is 4.34. The van der Waals surface area contributed by atoms with Gasteiger partial charge >= 0.3 is 5.97 Å². The zero-order chi connectivity index (χ0) is 13.8. The third-order valence-electron chi connectivity index (χ3n) is 3.16. The summed E-state index contributed by atoms with van der Waals surface area (Å²) in [5, 5.41) is 0.786. The Hall–Kier alpha value is -1.34. The molecule has 19 heavy (non-hydrogen) atoms. The predicted molar refractivity (Wildman–Crippen MR) is 74.7 cm³/mol. The number of carbonyl (C=O) groups is 1. The first-order chi connectivity index (χ1) is 9.17. The van der Waals surface area contributed by atoms with E-state index in [9.17, 15) is 4.79 Å². The lowest BCUT2D eigenvalue weighted by atomic mass is 10.1. The Morgan fingerprint density at radius 1 is 1.63 bits per heavy atom.